The highest BCUT2D eigenvalue weighted by Gasteiger charge is 2.31. The Balaban J connectivity index is 2.20. The zero-order valence-electron chi connectivity index (χ0n) is 12.2. The highest BCUT2D eigenvalue weighted by Crippen LogP contribution is 2.31. The summed E-state index contributed by atoms with van der Waals surface area (Å²) in [6.45, 7) is 5.66. The number of nitrogens with zero attached hydrogens (tertiary/aromatic N) is 1. The van der Waals surface area contributed by atoms with Gasteiger partial charge in [-0.05, 0) is 37.3 Å². The summed E-state index contributed by atoms with van der Waals surface area (Å²) in [6, 6.07) is 1.95. The standard InChI is InChI=1S/C13H22N2O2S3/c1-4-14-8-12-10(2)7-13(19-12)20(16,17)15(3)11-5-6-18-9-11/h7,11,14H,4-6,8-9H2,1-3H3. The highest BCUT2D eigenvalue weighted by atomic mass is 32.2. The molecular formula is C13H22N2O2S3. The molecule has 114 valence electrons. The van der Waals surface area contributed by atoms with E-state index >= 15 is 0 Å². The summed E-state index contributed by atoms with van der Waals surface area (Å²) in [6.07, 6.45) is 0.953. The third-order valence-corrected chi connectivity index (χ3v) is 8.33. The third kappa shape index (κ3) is 3.39. The van der Waals surface area contributed by atoms with Crippen molar-refractivity contribution in [3.8, 4) is 0 Å². The molecule has 7 heteroatoms. The molecule has 1 aliphatic rings. The van der Waals surface area contributed by atoms with Gasteiger partial charge in [0.25, 0.3) is 10.0 Å². The van der Waals surface area contributed by atoms with Crippen molar-refractivity contribution in [2.45, 2.75) is 37.1 Å². The lowest BCUT2D eigenvalue weighted by atomic mass is 10.3. The minimum atomic E-state index is -3.34. The molecule has 1 fully saturated rings. The molecule has 4 nitrogen and oxygen atoms in total. The van der Waals surface area contributed by atoms with Crippen molar-refractivity contribution >= 4 is 33.1 Å². The summed E-state index contributed by atoms with van der Waals surface area (Å²) in [5.74, 6) is 1.96. The van der Waals surface area contributed by atoms with E-state index in [0.717, 1.165) is 41.5 Å². The predicted molar refractivity (Wildman–Crippen MR) is 87.1 cm³/mol. The van der Waals surface area contributed by atoms with Gasteiger partial charge in [0.2, 0.25) is 0 Å². The van der Waals surface area contributed by atoms with Gasteiger partial charge in [0.15, 0.2) is 0 Å². The van der Waals surface area contributed by atoms with E-state index in [4.69, 9.17) is 0 Å². The van der Waals surface area contributed by atoms with Gasteiger partial charge in [-0.15, -0.1) is 11.3 Å². The van der Waals surface area contributed by atoms with Gasteiger partial charge < -0.3 is 5.32 Å². The van der Waals surface area contributed by atoms with Gasteiger partial charge in [0, 0.05) is 30.3 Å². The highest BCUT2D eigenvalue weighted by molar-refractivity contribution is 7.99. The van der Waals surface area contributed by atoms with Crippen LogP contribution in [0, 0.1) is 6.92 Å². The fourth-order valence-corrected chi connectivity index (χ4v) is 6.67. The van der Waals surface area contributed by atoms with Crippen LogP contribution in [0.3, 0.4) is 0 Å². The number of hydrogen-bond donors (Lipinski definition) is 1. The van der Waals surface area contributed by atoms with Gasteiger partial charge in [-0.1, -0.05) is 6.92 Å². The Morgan fingerprint density at radius 2 is 2.25 bits per heavy atom. The molecule has 2 heterocycles. The quantitative estimate of drug-likeness (QED) is 0.867. The summed E-state index contributed by atoms with van der Waals surface area (Å²) in [4.78, 5) is 1.11. The minimum absolute atomic E-state index is 0.143. The molecule has 20 heavy (non-hydrogen) atoms. The summed E-state index contributed by atoms with van der Waals surface area (Å²) >= 11 is 3.22. The Morgan fingerprint density at radius 3 is 2.85 bits per heavy atom. The van der Waals surface area contributed by atoms with Crippen LogP contribution in [0.1, 0.15) is 23.8 Å². The average Bonchev–Trinajstić information content (AvgIpc) is 3.05. The first-order chi connectivity index (χ1) is 9.46. The maximum atomic E-state index is 12.7. The Labute approximate surface area is 130 Å². The largest absolute Gasteiger partial charge is 0.312 e. The molecule has 1 atom stereocenters. The molecule has 0 radical (unpaired) electrons. The van der Waals surface area contributed by atoms with Crippen LogP contribution in [0.4, 0.5) is 0 Å². The summed E-state index contributed by atoms with van der Waals surface area (Å²) in [7, 11) is -1.63. The topological polar surface area (TPSA) is 49.4 Å². The van der Waals surface area contributed by atoms with Crippen LogP contribution in [-0.2, 0) is 16.6 Å². The van der Waals surface area contributed by atoms with Crippen LogP contribution in [0.15, 0.2) is 10.3 Å². The minimum Gasteiger partial charge on any atom is -0.312 e. The van der Waals surface area contributed by atoms with E-state index in [0.29, 0.717) is 4.21 Å². The summed E-state index contributed by atoms with van der Waals surface area (Å²) < 4.78 is 27.4. The molecule has 0 aliphatic carbocycles. The summed E-state index contributed by atoms with van der Waals surface area (Å²) in [5, 5.41) is 3.25. The van der Waals surface area contributed by atoms with E-state index in [9.17, 15) is 8.42 Å². The van der Waals surface area contributed by atoms with Crippen molar-refractivity contribution in [3.63, 3.8) is 0 Å². The second-order valence-corrected chi connectivity index (χ2v) is 9.50. The first kappa shape index (κ1) is 16.3. The molecule has 0 amide bonds. The zero-order valence-corrected chi connectivity index (χ0v) is 14.6. The lowest BCUT2D eigenvalue weighted by Crippen LogP contribution is -2.36. The van der Waals surface area contributed by atoms with Gasteiger partial charge in [-0.3, -0.25) is 0 Å². The first-order valence-corrected chi connectivity index (χ1v) is 10.2. The maximum absolute atomic E-state index is 12.7. The second-order valence-electron chi connectivity index (χ2n) is 4.99. The Hall–Kier alpha value is -0.0800. The van der Waals surface area contributed by atoms with Crippen LogP contribution in [-0.4, -0.2) is 43.9 Å². The molecule has 1 aromatic heterocycles. The number of aryl methyl sites for hydroxylation is 1. The Kier molecular flexibility index (Phi) is 5.53. The Bertz CT molecular complexity index is 548. The van der Waals surface area contributed by atoms with Crippen LogP contribution < -0.4 is 5.32 Å². The van der Waals surface area contributed by atoms with Crippen molar-refractivity contribution in [1.82, 2.24) is 9.62 Å². The number of nitrogens with one attached hydrogen (secondary N) is 1. The lowest BCUT2D eigenvalue weighted by Gasteiger charge is -2.22. The van der Waals surface area contributed by atoms with Crippen LogP contribution in [0.5, 0.6) is 0 Å². The van der Waals surface area contributed by atoms with Gasteiger partial charge in [-0.2, -0.15) is 16.1 Å². The van der Waals surface area contributed by atoms with Crippen LogP contribution in [0.2, 0.25) is 0 Å². The van der Waals surface area contributed by atoms with E-state index in [1.165, 1.54) is 11.3 Å². The number of sulfonamides is 1. The van der Waals surface area contributed by atoms with Crippen molar-refractivity contribution in [1.29, 1.82) is 0 Å². The number of rotatable bonds is 6. The van der Waals surface area contributed by atoms with E-state index in [-0.39, 0.29) is 6.04 Å². The van der Waals surface area contributed by atoms with Crippen molar-refractivity contribution < 1.29 is 8.42 Å². The molecule has 0 saturated carbocycles. The smallest absolute Gasteiger partial charge is 0.252 e. The predicted octanol–water partition coefficient (Wildman–Crippen LogP) is 2.29. The molecule has 2 rings (SSSR count). The third-order valence-electron chi connectivity index (χ3n) is 3.59. The van der Waals surface area contributed by atoms with Crippen molar-refractivity contribution in [2.75, 3.05) is 25.1 Å². The first-order valence-electron chi connectivity index (χ1n) is 6.82. The number of hydrogen-bond acceptors (Lipinski definition) is 5. The second kappa shape index (κ2) is 6.79. The molecule has 1 saturated heterocycles. The fourth-order valence-electron chi connectivity index (χ4n) is 2.18. The van der Waals surface area contributed by atoms with Crippen LogP contribution >= 0.6 is 23.1 Å². The van der Waals surface area contributed by atoms with E-state index in [1.807, 2.05) is 31.7 Å². The monoisotopic (exact) mass is 334 g/mol. The molecule has 1 unspecified atom stereocenters. The average molecular weight is 335 g/mol. The zero-order chi connectivity index (χ0) is 14.8. The molecule has 1 aliphatic heterocycles. The number of thiophene rings is 1. The van der Waals surface area contributed by atoms with Crippen molar-refractivity contribution in [2.24, 2.45) is 0 Å². The normalized spacial score (nSPS) is 19.9. The number of thioether (sulfide) groups is 1. The molecule has 1 aromatic rings. The SMILES string of the molecule is CCNCc1sc(S(=O)(=O)N(C)C2CCSC2)cc1C. The van der Waals surface area contributed by atoms with E-state index in [1.54, 1.807) is 11.4 Å². The molecule has 0 spiro atoms. The molecule has 0 aromatic carbocycles. The summed E-state index contributed by atoms with van der Waals surface area (Å²) in [5.41, 5.74) is 1.06. The van der Waals surface area contributed by atoms with Crippen molar-refractivity contribution in [3.05, 3.63) is 16.5 Å². The van der Waals surface area contributed by atoms with Gasteiger partial charge >= 0.3 is 0 Å². The van der Waals surface area contributed by atoms with Gasteiger partial charge in [0.1, 0.15) is 4.21 Å². The van der Waals surface area contributed by atoms with E-state index < -0.39 is 10.0 Å². The maximum Gasteiger partial charge on any atom is 0.252 e. The van der Waals surface area contributed by atoms with E-state index in [2.05, 4.69) is 5.32 Å². The van der Waals surface area contributed by atoms with Crippen LogP contribution in [0.25, 0.3) is 0 Å². The molecule has 0 bridgehead atoms. The molecule has 1 N–H and O–H groups in total. The fraction of sp³-hybridized carbons (Fsp3) is 0.692. The lowest BCUT2D eigenvalue weighted by molar-refractivity contribution is 0.395. The Morgan fingerprint density at radius 1 is 1.50 bits per heavy atom. The molecular weight excluding hydrogens is 312 g/mol. The van der Waals surface area contributed by atoms with Gasteiger partial charge in [0.05, 0.1) is 0 Å². The van der Waals surface area contributed by atoms with Gasteiger partial charge in [-0.25, -0.2) is 8.42 Å².